The molecular formula is C21H27N3O2S. The van der Waals surface area contributed by atoms with Crippen LogP contribution >= 0.6 is 11.8 Å². The van der Waals surface area contributed by atoms with Gasteiger partial charge in [-0.05, 0) is 67.6 Å². The summed E-state index contributed by atoms with van der Waals surface area (Å²) in [6.45, 7) is 8.15. The fourth-order valence-electron chi connectivity index (χ4n) is 2.65. The number of nitrogens with two attached hydrogens (primary N) is 1. The summed E-state index contributed by atoms with van der Waals surface area (Å²) in [6.07, 6.45) is 0.523. The van der Waals surface area contributed by atoms with Crippen molar-refractivity contribution in [3.8, 4) is 0 Å². The maximum atomic E-state index is 12.5. The molecule has 0 bridgehead atoms. The molecule has 0 aromatic heterocycles. The molecule has 2 rings (SSSR count). The first kappa shape index (κ1) is 20.8. The third-order valence-corrected chi connectivity index (χ3v) is 5.20. The molecule has 0 aliphatic rings. The standard InChI is InChI=1S/C21H27N3O2S/c1-13(2)11-18(24-21(22)26)20(25)23-16-7-9-17(10-8-16)27-19-12-14(3)5-6-15(19)4/h5-10,12-13,18H,11H2,1-4H3,(H,23,25)(H3,22,24,26)/t18-/m1/s1. The Kier molecular flexibility index (Phi) is 7.30. The van der Waals surface area contributed by atoms with Gasteiger partial charge in [-0.1, -0.05) is 37.7 Å². The van der Waals surface area contributed by atoms with Gasteiger partial charge in [0.25, 0.3) is 0 Å². The Balaban J connectivity index is 2.04. The Morgan fingerprint density at radius 2 is 1.74 bits per heavy atom. The zero-order chi connectivity index (χ0) is 20.0. The topological polar surface area (TPSA) is 84.2 Å². The number of benzene rings is 2. The molecule has 0 aliphatic heterocycles. The molecule has 0 radical (unpaired) electrons. The number of primary amides is 1. The fourth-order valence-corrected chi connectivity index (χ4v) is 3.65. The van der Waals surface area contributed by atoms with Gasteiger partial charge in [0.1, 0.15) is 6.04 Å². The highest BCUT2D eigenvalue weighted by atomic mass is 32.2. The lowest BCUT2D eigenvalue weighted by atomic mass is 10.0. The van der Waals surface area contributed by atoms with Crippen molar-refractivity contribution < 1.29 is 9.59 Å². The van der Waals surface area contributed by atoms with E-state index in [2.05, 4.69) is 42.7 Å². The molecule has 0 aliphatic carbocycles. The van der Waals surface area contributed by atoms with Crippen molar-refractivity contribution in [3.05, 3.63) is 53.6 Å². The largest absolute Gasteiger partial charge is 0.352 e. The van der Waals surface area contributed by atoms with Gasteiger partial charge in [-0.2, -0.15) is 0 Å². The van der Waals surface area contributed by atoms with Crippen molar-refractivity contribution in [2.45, 2.75) is 49.9 Å². The molecule has 0 heterocycles. The summed E-state index contributed by atoms with van der Waals surface area (Å²) in [7, 11) is 0. The number of anilines is 1. The zero-order valence-electron chi connectivity index (χ0n) is 16.2. The van der Waals surface area contributed by atoms with Crippen LogP contribution in [0.2, 0.25) is 0 Å². The molecule has 3 amide bonds. The lowest BCUT2D eigenvalue weighted by molar-refractivity contribution is -0.118. The number of nitrogens with one attached hydrogen (secondary N) is 2. The third kappa shape index (κ3) is 6.64. The molecular weight excluding hydrogens is 358 g/mol. The van der Waals surface area contributed by atoms with Crippen molar-refractivity contribution in [2.24, 2.45) is 11.7 Å². The maximum absolute atomic E-state index is 12.5. The van der Waals surface area contributed by atoms with Crippen LogP contribution in [0.25, 0.3) is 0 Å². The maximum Gasteiger partial charge on any atom is 0.312 e. The van der Waals surface area contributed by atoms with Crippen molar-refractivity contribution in [1.29, 1.82) is 0 Å². The summed E-state index contributed by atoms with van der Waals surface area (Å²) in [5.74, 6) is -0.0126. The summed E-state index contributed by atoms with van der Waals surface area (Å²) >= 11 is 1.69. The third-order valence-electron chi connectivity index (χ3n) is 4.03. The molecule has 5 nitrogen and oxygen atoms in total. The first-order valence-corrected chi connectivity index (χ1v) is 9.78. The Hall–Kier alpha value is -2.47. The first-order chi connectivity index (χ1) is 12.7. The molecule has 4 N–H and O–H groups in total. The van der Waals surface area contributed by atoms with E-state index in [9.17, 15) is 9.59 Å². The van der Waals surface area contributed by atoms with E-state index in [1.807, 2.05) is 38.1 Å². The molecule has 27 heavy (non-hydrogen) atoms. The van der Waals surface area contributed by atoms with E-state index in [0.717, 1.165) is 4.90 Å². The van der Waals surface area contributed by atoms with Gasteiger partial charge in [0, 0.05) is 15.5 Å². The van der Waals surface area contributed by atoms with E-state index in [4.69, 9.17) is 5.73 Å². The number of amides is 3. The Morgan fingerprint density at radius 1 is 1.07 bits per heavy atom. The zero-order valence-corrected chi connectivity index (χ0v) is 17.0. The van der Waals surface area contributed by atoms with Crippen LogP contribution in [0, 0.1) is 19.8 Å². The minimum absolute atomic E-state index is 0.254. The quantitative estimate of drug-likeness (QED) is 0.657. The Morgan fingerprint density at radius 3 is 2.33 bits per heavy atom. The highest BCUT2D eigenvalue weighted by Gasteiger charge is 2.21. The van der Waals surface area contributed by atoms with E-state index in [1.165, 1.54) is 16.0 Å². The van der Waals surface area contributed by atoms with Crippen LogP contribution in [0.3, 0.4) is 0 Å². The van der Waals surface area contributed by atoms with Crippen LogP contribution in [0.4, 0.5) is 10.5 Å². The number of carbonyl (C=O) groups is 2. The molecule has 0 fully saturated rings. The summed E-state index contributed by atoms with van der Waals surface area (Å²) in [6, 6.07) is 12.7. The normalized spacial score (nSPS) is 11.9. The second-order valence-corrected chi connectivity index (χ2v) is 8.19. The molecule has 144 valence electrons. The summed E-state index contributed by atoms with van der Waals surface area (Å²) in [5, 5.41) is 5.36. The molecule has 0 saturated carbocycles. The average Bonchev–Trinajstić information content (AvgIpc) is 2.58. The smallest absolute Gasteiger partial charge is 0.312 e. The highest BCUT2D eigenvalue weighted by Crippen LogP contribution is 2.31. The van der Waals surface area contributed by atoms with Gasteiger partial charge in [0.15, 0.2) is 0 Å². The number of aryl methyl sites for hydroxylation is 2. The average molecular weight is 386 g/mol. The van der Waals surface area contributed by atoms with Crippen molar-refractivity contribution in [1.82, 2.24) is 5.32 Å². The van der Waals surface area contributed by atoms with Crippen molar-refractivity contribution in [3.63, 3.8) is 0 Å². The van der Waals surface area contributed by atoms with Crippen molar-refractivity contribution >= 4 is 29.4 Å². The number of carbonyl (C=O) groups excluding carboxylic acids is 2. The van der Waals surface area contributed by atoms with Crippen molar-refractivity contribution in [2.75, 3.05) is 5.32 Å². The lowest BCUT2D eigenvalue weighted by Crippen LogP contribution is -2.46. The monoisotopic (exact) mass is 385 g/mol. The second-order valence-electron chi connectivity index (χ2n) is 7.08. The summed E-state index contributed by atoms with van der Waals surface area (Å²) < 4.78 is 0. The van der Waals surface area contributed by atoms with Crippen LogP contribution in [-0.4, -0.2) is 18.0 Å². The predicted molar refractivity (Wildman–Crippen MR) is 111 cm³/mol. The summed E-state index contributed by atoms with van der Waals surface area (Å²) in [4.78, 5) is 25.9. The molecule has 0 spiro atoms. The Bertz CT molecular complexity index is 804. The Labute approximate surface area is 165 Å². The molecule has 0 unspecified atom stereocenters. The minimum atomic E-state index is -0.698. The summed E-state index contributed by atoms with van der Waals surface area (Å²) in [5.41, 5.74) is 8.33. The minimum Gasteiger partial charge on any atom is -0.352 e. The lowest BCUT2D eigenvalue weighted by Gasteiger charge is -2.19. The highest BCUT2D eigenvalue weighted by molar-refractivity contribution is 7.99. The van der Waals surface area contributed by atoms with Gasteiger partial charge < -0.3 is 16.4 Å². The van der Waals surface area contributed by atoms with Gasteiger partial charge >= 0.3 is 6.03 Å². The van der Waals surface area contributed by atoms with E-state index in [-0.39, 0.29) is 11.8 Å². The molecule has 6 heteroatoms. The van der Waals surface area contributed by atoms with E-state index in [1.54, 1.807) is 11.8 Å². The predicted octanol–water partition coefficient (Wildman–Crippen LogP) is 4.48. The van der Waals surface area contributed by atoms with E-state index < -0.39 is 12.1 Å². The molecule has 1 atom stereocenters. The second kappa shape index (κ2) is 9.46. The van der Waals surface area contributed by atoms with Crippen LogP contribution in [-0.2, 0) is 4.79 Å². The van der Waals surface area contributed by atoms with Crippen LogP contribution in [0.5, 0.6) is 0 Å². The number of hydrogen-bond acceptors (Lipinski definition) is 3. The van der Waals surface area contributed by atoms with Gasteiger partial charge in [-0.3, -0.25) is 4.79 Å². The van der Waals surface area contributed by atoms with Gasteiger partial charge in [0.05, 0.1) is 0 Å². The number of urea groups is 1. The van der Waals surface area contributed by atoms with Gasteiger partial charge in [0.2, 0.25) is 5.91 Å². The molecule has 2 aromatic rings. The number of rotatable bonds is 7. The van der Waals surface area contributed by atoms with Gasteiger partial charge in [-0.25, -0.2) is 4.79 Å². The van der Waals surface area contributed by atoms with E-state index in [0.29, 0.717) is 12.1 Å². The SMILES string of the molecule is Cc1ccc(C)c(Sc2ccc(NC(=O)[C@@H](CC(C)C)NC(N)=O)cc2)c1. The molecule has 0 saturated heterocycles. The fraction of sp³-hybridized carbons (Fsp3) is 0.333. The van der Waals surface area contributed by atoms with Crippen LogP contribution in [0.15, 0.2) is 52.3 Å². The van der Waals surface area contributed by atoms with Crippen LogP contribution in [0.1, 0.15) is 31.4 Å². The van der Waals surface area contributed by atoms with Crippen LogP contribution < -0.4 is 16.4 Å². The molecule has 2 aromatic carbocycles. The van der Waals surface area contributed by atoms with E-state index >= 15 is 0 Å². The first-order valence-electron chi connectivity index (χ1n) is 8.96. The number of hydrogen-bond donors (Lipinski definition) is 3. The van der Waals surface area contributed by atoms with Gasteiger partial charge in [-0.15, -0.1) is 0 Å².